The quantitative estimate of drug-likeness (QED) is 0.552. The topological polar surface area (TPSA) is 89.5 Å². The van der Waals surface area contributed by atoms with Crippen LogP contribution in [0.25, 0.3) is 21.9 Å². The zero-order chi connectivity index (χ0) is 18.5. The second kappa shape index (κ2) is 5.74. The summed E-state index contributed by atoms with van der Waals surface area (Å²) in [5.74, 6) is 0. The van der Waals surface area contributed by atoms with Crippen LogP contribution in [0.15, 0.2) is 67.3 Å². The first-order valence-corrected chi connectivity index (χ1v) is 9.38. The fourth-order valence-electron chi connectivity index (χ4n) is 2.90. The Bertz CT molecular complexity index is 1300. The maximum Gasteiger partial charge on any atom is 0.336 e. The maximum absolute atomic E-state index is 12.7. The summed E-state index contributed by atoms with van der Waals surface area (Å²) in [6.45, 7) is 3.65. The second-order valence-electron chi connectivity index (χ2n) is 6.13. The molecule has 0 saturated heterocycles. The Kier molecular flexibility index (Phi) is 3.62. The Morgan fingerprint density at radius 1 is 0.923 bits per heavy atom. The third kappa shape index (κ3) is 2.66. The number of sulfonamides is 1. The highest BCUT2D eigenvalue weighted by molar-refractivity contribution is 7.92. The number of hydrogen-bond acceptors (Lipinski definition) is 5. The van der Waals surface area contributed by atoms with Gasteiger partial charge in [0, 0.05) is 11.5 Å². The van der Waals surface area contributed by atoms with Crippen LogP contribution in [0.3, 0.4) is 0 Å². The fraction of sp³-hybridized carbons (Fsp3) is 0.105. The van der Waals surface area contributed by atoms with E-state index in [4.69, 9.17) is 8.83 Å². The van der Waals surface area contributed by atoms with Crippen LogP contribution in [0.2, 0.25) is 0 Å². The number of anilines is 1. The molecule has 132 valence electrons. The van der Waals surface area contributed by atoms with Crippen LogP contribution in [0.5, 0.6) is 0 Å². The Morgan fingerprint density at radius 3 is 2.38 bits per heavy atom. The molecule has 7 heteroatoms. The van der Waals surface area contributed by atoms with Crippen LogP contribution < -0.4 is 10.3 Å². The monoisotopic (exact) mass is 369 g/mol. The van der Waals surface area contributed by atoms with E-state index in [1.54, 1.807) is 43.3 Å². The van der Waals surface area contributed by atoms with Crippen molar-refractivity contribution in [3.63, 3.8) is 0 Å². The molecule has 4 rings (SSSR count). The minimum absolute atomic E-state index is 0.152. The number of benzene rings is 2. The number of hydrogen-bond donors (Lipinski definition) is 1. The molecule has 0 spiro atoms. The lowest BCUT2D eigenvalue weighted by molar-refractivity contribution is 0.562. The zero-order valence-corrected chi connectivity index (χ0v) is 14.9. The fourth-order valence-corrected chi connectivity index (χ4v) is 3.95. The van der Waals surface area contributed by atoms with Gasteiger partial charge in [-0.1, -0.05) is 17.7 Å². The van der Waals surface area contributed by atoms with E-state index in [0.29, 0.717) is 27.5 Å². The zero-order valence-electron chi connectivity index (χ0n) is 14.1. The molecule has 2 heterocycles. The van der Waals surface area contributed by atoms with Crippen LogP contribution in [0.1, 0.15) is 11.1 Å². The van der Waals surface area contributed by atoms with Gasteiger partial charge in [-0.05, 0) is 43.7 Å². The van der Waals surface area contributed by atoms with Gasteiger partial charge in [-0.25, -0.2) is 13.2 Å². The Balaban J connectivity index is 1.92. The molecular formula is C19H15NO5S. The minimum Gasteiger partial charge on any atom is -0.462 e. The molecular weight excluding hydrogens is 354 g/mol. The number of fused-ring (bicyclic) bond motifs is 3. The van der Waals surface area contributed by atoms with Gasteiger partial charge >= 0.3 is 5.63 Å². The first-order chi connectivity index (χ1) is 12.3. The molecule has 0 bridgehead atoms. The van der Waals surface area contributed by atoms with E-state index in [0.717, 1.165) is 5.56 Å². The largest absolute Gasteiger partial charge is 0.462 e. The smallest absolute Gasteiger partial charge is 0.336 e. The Morgan fingerprint density at radius 2 is 1.65 bits per heavy atom. The van der Waals surface area contributed by atoms with Gasteiger partial charge in [0.05, 0.1) is 22.2 Å². The molecule has 0 aliphatic rings. The first-order valence-electron chi connectivity index (χ1n) is 7.89. The van der Waals surface area contributed by atoms with Crippen molar-refractivity contribution in [1.82, 2.24) is 0 Å². The lowest BCUT2D eigenvalue weighted by atomic mass is 10.1. The predicted molar refractivity (Wildman–Crippen MR) is 99.0 cm³/mol. The molecule has 1 N–H and O–H groups in total. The van der Waals surface area contributed by atoms with E-state index in [2.05, 4.69) is 4.72 Å². The third-order valence-electron chi connectivity index (χ3n) is 4.23. The Hall–Kier alpha value is -3.06. The molecule has 0 aliphatic carbocycles. The molecule has 0 fully saturated rings. The molecule has 2 aromatic carbocycles. The first kappa shape index (κ1) is 16.4. The van der Waals surface area contributed by atoms with E-state index < -0.39 is 15.6 Å². The van der Waals surface area contributed by atoms with Crippen LogP contribution in [0, 0.1) is 13.8 Å². The standard InChI is InChI=1S/C19H15NO5S/c1-11-3-5-13(6-4-11)26(22,23)20-16-10-15-12(2)9-17(21)25-18(15)14-7-8-24-19(14)16/h3-10,20H,1-2H3. The maximum atomic E-state index is 12.7. The lowest BCUT2D eigenvalue weighted by Gasteiger charge is -2.11. The summed E-state index contributed by atoms with van der Waals surface area (Å²) >= 11 is 0. The lowest BCUT2D eigenvalue weighted by Crippen LogP contribution is -2.13. The van der Waals surface area contributed by atoms with Crippen molar-refractivity contribution in [2.45, 2.75) is 18.7 Å². The average Bonchev–Trinajstić information content (AvgIpc) is 3.06. The van der Waals surface area contributed by atoms with E-state index in [1.807, 2.05) is 6.92 Å². The van der Waals surface area contributed by atoms with E-state index in [-0.39, 0.29) is 10.6 Å². The summed E-state index contributed by atoms with van der Waals surface area (Å²) in [5, 5.41) is 1.17. The van der Waals surface area contributed by atoms with Crippen molar-refractivity contribution in [3.05, 3.63) is 70.3 Å². The van der Waals surface area contributed by atoms with E-state index >= 15 is 0 Å². The number of furan rings is 1. The van der Waals surface area contributed by atoms with E-state index in [9.17, 15) is 13.2 Å². The Labute approximate surface area is 149 Å². The molecule has 0 aliphatic heterocycles. The molecule has 2 aromatic heterocycles. The predicted octanol–water partition coefficient (Wildman–Crippen LogP) is 3.96. The van der Waals surface area contributed by atoms with Gasteiger partial charge in [-0.15, -0.1) is 0 Å². The summed E-state index contributed by atoms with van der Waals surface area (Å²) in [6, 6.07) is 11.2. The van der Waals surface area contributed by atoms with Crippen LogP contribution in [-0.2, 0) is 10.0 Å². The molecule has 6 nitrogen and oxygen atoms in total. The van der Waals surface area contributed by atoms with Gasteiger partial charge in [-0.2, -0.15) is 0 Å². The van der Waals surface area contributed by atoms with Gasteiger partial charge in [0.15, 0.2) is 5.58 Å². The molecule has 0 radical (unpaired) electrons. The number of rotatable bonds is 3. The van der Waals surface area contributed by atoms with Crippen molar-refractivity contribution < 1.29 is 17.3 Å². The summed E-state index contributed by atoms with van der Waals surface area (Å²) in [7, 11) is -3.79. The molecule has 0 unspecified atom stereocenters. The normalized spacial score (nSPS) is 11.9. The van der Waals surface area contributed by atoms with Gasteiger partial charge in [-0.3, -0.25) is 4.72 Å². The molecule has 0 amide bonds. The van der Waals surface area contributed by atoms with Crippen molar-refractivity contribution >= 4 is 37.6 Å². The van der Waals surface area contributed by atoms with E-state index in [1.165, 1.54) is 12.3 Å². The summed E-state index contributed by atoms with van der Waals surface area (Å²) in [4.78, 5) is 11.8. The van der Waals surface area contributed by atoms with Gasteiger partial charge in [0.2, 0.25) is 0 Å². The minimum atomic E-state index is -3.79. The molecule has 0 atom stereocenters. The molecule has 0 saturated carbocycles. The van der Waals surface area contributed by atoms with Crippen molar-refractivity contribution in [2.75, 3.05) is 4.72 Å². The van der Waals surface area contributed by atoms with Crippen molar-refractivity contribution in [2.24, 2.45) is 0 Å². The van der Waals surface area contributed by atoms with Crippen LogP contribution in [-0.4, -0.2) is 8.42 Å². The van der Waals surface area contributed by atoms with Gasteiger partial charge in [0.25, 0.3) is 10.0 Å². The summed E-state index contributed by atoms with van der Waals surface area (Å²) in [6.07, 6.45) is 1.43. The van der Waals surface area contributed by atoms with Crippen molar-refractivity contribution in [1.29, 1.82) is 0 Å². The average molecular weight is 369 g/mol. The van der Waals surface area contributed by atoms with Crippen LogP contribution >= 0.6 is 0 Å². The van der Waals surface area contributed by atoms with Crippen LogP contribution in [0.4, 0.5) is 5.69 Å². The highest BCUT2D eigenvalue weighted by atomic mass is 32.2. The summed E-state index contributed by atoms with van der Waals surface area (Å²) < 4.78 is 38.8. The third-order valence-corrected chi connectivity index (χ3v) is 5.61. The summed E-state index contributed by atoms with van der Waals surface area (Å²) in [5.41, 5.74) is 2.16. The number of aryl methyl sites for hydroxylation is 2. The molecule has 26 heavy (non-hydrogen) atoms. The number of nitrogens with one attached hydrogen (secondary N) is 1. The second-order valence-corrected chi connectivity index (χ2v) is 7.81. The van der Waals surface area contributed by atoms with Crippen molar-refractivity contribution in [3.8, 4) is 0 Å². The van der Waals surface area contributed by atoms with Gasteiger partial charge < -0.3 is 8.83 Å². The highest BCUT2D eigenvalue weighted by Gasteiger charge is 2.19. The SMILES string of the molecule is Cc1ccc(S(=O)(=O)Nc2cc3c(C)cc(=O)oc3c3ccoc23)cc1. The van der Waals surface area contributed by atoms with Gasteiger partial charge in [0.1, 0.15) is 5.58 Å². The molecule has 4 aromatic rings. The highest BCUT2D eigenvalue weighted by Crippen LogP contribution is 2.34.